The first-order valence-electron chi connectivity index (χ1n) is 8.82. The lowest BCUT2D eigenvalue weighted by atomic mass is 9.60. The van der Waals surface area contributed by atoms with Gasteiger partial charge in [0.05, 0.1) is 24.4 Å². The Kier molecular flexibility index (Phi) is 3.94. The summed E-state index contributed by atoms with van der Waals surface area (Å²) in [5.74, 6) is 0.0984. The fourth-order valence-electron chi connectivity index (χ4n) is 4.67. The number of carbonyl (C=O) groups excluding carboxylic acids is 1. The number of hydrogen-bond acceptors (Lipinski definition) is 4. The number of aliphatic hydroxyl groups is 1. The van der Waals surface area contributed by atoms with Gasteiger partial charge in [-0.05, 0) is 18.4 Å². The summed E-state index contributed by atoms with van der Waals surface area (Å²) in [6, 6.07) is 9.56. The van der Waals surface area contributed by atoms with E-state index in [0.717, 1.165) is 24.8 Å². The maximum Gasteiger partial charge on any atom is 0.226 e. The smallest absolute Gasteiger partial charge is 0.226 e. The summed E-state index contributed by atoms with van der Waals surface area (Å²) in [5, 5.41) is 9.96. The van der Waals surface area contributed by atoms with Crippen molar-refractivity contribution in [2.45, 2.75) is 36.8 Å². The minimum atomic E-state index is -3.27. The lowest BCUT2D eigenvalue weighted by Gasteiger charge is -2.70. The van der Waals surface area contributed by atoms with Gasteiger partial charge in [0.15, 0.2) is 0 Å². The van der Waals surface area contributed by atoms with Crippen LogP contribution in [0.15, 0.2) is 30.3 Å². The highest BCUT2D eigenvalue weighted by molar-refractivity contribution is 7.88. The molecule has 3 aliphatic rings. The van der Waals surface area contributed by atoms with Gasteiger partial charge < -0.3 is 10.0 Å². The standard InChI is InChI=1S/C18H24N2O4S/c1-25(23,24)19-11-18(12-19)16(13-6-3-2-4-7-13)15(10-21)20(18)17(22)14-8-5-9-14/h2-4,6-7,14-16,21H,5,8-12H2,1H3/t15-,16+/m0/s1. The topological polar surface area (TPSA) is 77.9 Å². The lowest BCUT2D eigenvalue weighted by Crippen LogP contribution is -2.86. The van der Waals surface area contributed by atoms with Crippen LogP contribution in [0.3, 0.4) is 0 Å². The quantitative estimate of drug-likeness (QED) is 0.857. The average molecular weight is 364 g/mol. The van der Waals surface area contributed by atoms with Crippen molar-refractivity contribution in [1.29, 1.82) is 0 Å². The molecule has 0 radical (unpaired) electrons. The van der Waals surface area contributed by atoms with E-state index in [1.54, 1.807) is 0 Å². The van der Waals surface area contributed by atoms with E-state index in [1.807, 2.05) is 35.2 Å². The number of hydrogen-bond donors (Lipinski definition) is 1. The van der Waals surface area contributed by atoms with Crippen LogP contribution in [-0.4, -0.2) is 66.2 Å². The minimum absolute atomic E-state index is 0.0271. The first kappa shape index (κ1) is 17.0. The number of nitrogens with zero attached hydrogens (tertiary/aromatic N) is 2. The minimum Gasteiger partial charge on any atom is -0.394 e. The predicted molar refractivity (Wildman–Crippen MR) is 93.4 cm³/mol. The Morgan fingerprint density at radius 3 is 2.36 bits per heavy atom. The zero-order chi connectivity index (χ0) is 17.8. The highest BCUT2D eigenvalue weighted by Gasteiger charge is 2.69. The molecule has 0 bridgehead atoms. The Morgan fingerprint density at radius 1 is 1.24 bits per heavy atom. The second-order valence-electron chi connectivity index (χ2n) is 7.61. The molecule has 7 heteroatoms. The van der Waals surface area contributed by atoms with Crippen LogP contribution in [0, 0.1) is 5.92 Å². The van der Waals surface area contributed by atoms with Crippen LogP contribution in [0.1, 0.15) is 30.7 Å². The molecule has 1 amide bonds. The maximum absolute atomic E-state index is 13.0. The highest BCUT2D eigenvalue weighted by atomic mass is 32.2. The van der Waals surface area contributed by atoms with E-state index in [-0.39, 0.29) is 30.4 Å². The van der Waals surface area contributed by atoms with Crippen molar-refractivity contribution in [2.75, 3.05) is 26.0 Å². The van der Waals surface area contributed by atoms with Gasteiger partial charge in [-0.3, -0.25) is 4.79 Å². The normalized spacial score (nSPS) is 29.0. The molecule has 6 nitrogen and oxygen atoms in total. The summed E-state index contributed by atoms with van der Waals surface area (Å²) < 4.78 is 25.2. The van der Waals surface area contributed by atoms with Gasteiger partial charge >= 0.3 is 0 Å². The van der Waals surface area contributed by atoms with Gasteiger partial charge in [0.25, 0.3) is 0 Å². The molecule has 0 unspecified atom stereocenters. The molecule has 1 saturated carbocycles. The molecular weight excluding hydrogens is 340 g/mol. The number of rotatable bonds is 4. The van der Waals surface area contributed by atoms with E-state index in [0.29, 0.717) is 13.1 Å². The molecule has 1 aromatic rings. The third-order valence-electron chi connectivity index (χ3n) is 6.18. The molecule has 3 fully saturated rings. The Morgan fingerprint density at radius 2 is 1.88 bits per heavy atom. The third-order valence-corrected chi connectivity index (χ3v) is 7.38. The van der Waals surface area contributed by atoms with Gasteiger partial charge in [-0.2, -0.15) is 4.31 Å². The Hall–Kier alpha value is -1.44. The Bertz CT molecular complexity index is 770. The average Bonchev–Trinajstić information content (AvgIpc) is 2.43. The monoisotopic (exact) mass is 364 g/mol. The number of amides is 1. The molecule has 2 atom stereocenters. The summed E-state index contributed by atoms with van der Waals surface area (Å²) in [6.45, 7) is 0.541. The Balaban J connectivity index is 1.68. The molecule has 1 N–H and O–H groups in total. The second-order valence-corrected chi connectivity index (χ2v) is 9.59. The first-order chi connectivity index (χ1) is 11.9. The zero-order valence-electron chi connectivity index (χ0n) is 14.3. The van der Waals surface area contributed by atoms with Crippen molar-refractivity contribution in [3.05, 3.63) is 35.9 Å². The molecule has 1 spiro atoms. The maximum atomic E-state index is 13.0. The van der Waals surface area contributed by atoms with E-state index in [4.69, 9.17) is 0 Å². The molecule has 25 heavy (non-hydrogen) atoms. The molecule has 2 aliphatic heterocycles. The summed E-state index contributed by atoms with van der Waals surface area (Å²) in [7, 11) is -3.27. The molecule has 1 aromatic carbocycles. The largest absolute Gasteiger partial charge is 0.394 e. The van der Waals surface area contributed by atoms with Crippen molar-refractivity contribution in [3.8, 4) is 0 Å². The van der Waals surface area contributed by atoms with Gasteiger partial charge in [0.2, 0.25) is 15.9 Å². The Labute approximate surface area is 148 Å². The van der Waals surface area contributed by atoms with Crippen LogP contribution in [0.25, 0.3) is 0 Å². The summed E-state index contributed by atoms with van der Waals surface area (Å²) in [6.07, 6.45) is 4.07. The van der Waals surface area contributed by atoms with Crippen LogP contribution in [0.2, 0.25) is 0 Å². The van der Waals surface area contributed by atoms with Crippen LogP contribution in [0.5, 0.6) is 0 Å². The first-order valence-corrected chi connectivity index (χ1v) is 10.7. The van der Waals surface area contributed by atoms with E-state index < -0.39 is 15.6 Å². The predicted octanol–water partition coefficient (Wildman–Crippen LogP) is 0.787. The second kappa shape index (κ2) is 5.79. The van der Waals surface area contributed by atoms with Gasteiger partial charge in [-0.25, -0.2) is 8.42 Å². The fraction of sp³-hybridized carbons (Fsp3) is 0.611. The number of likely N-dealkylation sites (tertiary alicyclic amines) is 1. The van der Waals surface area contributed by atoms with E-state index >= 15 is 0 Å². The van der Waals surface area contributed by atoms with Crippen LogP contribution >= 0.6 is 0 Å². The number of sulfonamides is 1. The van der Waals surface area contributed by atoms with Crippen molar-refractivity contribution >= 4 is 15.9 Å². The number of benzene rings is 1. The van der Waals surface area contributed by atoms with Crippen molar-refractivity contribution in [1.82, 2.24) is 9.21 Å². The van der Waals surface area contributed by atoms with Gasteiger partial charge in [0, 0.05) is 24.9 Å². The van der Waals surface area contributed by atoms with Gasteiger partial charge in [0.1, 0.15) is 0 Å². The van der Waals surface area contributed by atoms with Gasteiger partial charge in [-0.1, -0.05) is 36.8 Å². The third kappa shape index (κ3) is 2.44. The van der Waals surface area contributed by atoms with E-state index in [2.05, 4.69) is 0 Å². The molecule has 0 aromatic heterocycles. The molecular formula is C18H24N2O4S. The van der Waals surface area contributed by atoms with Crippen molar-refractivity contribution in [2.24, 2.45) is 5.92 Å². The summed E-state index contributed by atoms with van der Waals surface area (Å²) in [4.78, 5) is 14.8. The van der Waals surface area contributed by atoms with Gasteiger partial charge in [-0.15, -0.1) is 0 Å². The number of aliphatic hydroxyl groups excluding tert-OH is 1. The van der Waals surface area contributed by atoms with E-state index in [9.17, 15) is 18.3 Å². The van der Waals surface area contributed by atoms with Crippen LogP contribution < -0.4 is 0 Å². The molecule has 2 saturated heterocycles. The van der Waals surface area contributed by atoms with Crippen LogP contribution in [-0.2, 0) is 14.8 Å². The number of carbonyl (C=O) groups is 1. The molecule has 1 aliphatic carbocycles. The zero-order valence-corrected chi connectivity index (χ0v) is 15.2. The highest BCUT2D eigenvalue weighted by Crippen LogP contribution is 2.55. The summed E-state index contributed by atoms with van der Waals surface area (Å²) in [5.41, 5.74) is 0.553. The SMILES string of the molecule is CS(=O)(=O)N1CC2(C1)[C@H](c1ccccc1)[C@H](CO)N2C(=O)C1CCC1. The summed E-state index contributed by atoms with van der Waals surface area (Å²) >= 11 is 0. The fourth-order valence-corrected chi connectivity index (χ4v) is 5.58. The van der Waals surface area contributed by atoms with Crippen molar-refractivity contribution in [3.63, 3.8) is 0 Å². The van der Waals surface area contributed by atoms with E-state index in [1.165, 1.54) is 10.6 Å². The van der Waals surface area contributed by atoms with Crippen LogP contribution in [0.4, 0.5) is 0 Å². The molecule has 2 heterocycles. The van der Waals surface area contributed by atoms with Crippen molar-refractivity contribution < 1.29 is 18.3 Å². The molecule has 4 rings (SSSR count). The lowest BCUT2D eigenvalue weighted by molar-refractivity contribution is -0.195. The molecule has 136 valence electrons.